The molecule has 0 radical (unpaired) electrons. The Hall–Kier alpha value is -1.60. The highest BCUT2D eigenvalue weighted by Gasteiger charge is 2.26. The van der Waals surface area contributed by atoms with Crippen LogP contribution in [0.1, 0.15) is 19.4 Å². The van der Waals surface area contributed by atoms with E-state index in [1.165, 1.54) is 0 Å². The number of nitrogens with one attached hydrogen (secondary N) is 1. The van der Waals surface area contributed by atoms with E-state index in [9.17, 15) is 0 Å². The normalized spacial score (nSPS) is 19.2. The summed E-state index contributed by atoms with van der Waals surface area (Å²) < 4.78 is 0. The summed E-state index contributed by atoms with van der Waals surface area (Å²) in [5, 5.41) is 12.2. The summed E-state index contributed by atoms with van der Waals surface area (Å²) in [6.45, 7) is 7.23. The number of nitrogens with zero attached hydrogens (tertiary/aromatic N) is 3. The van der Waals surface area contributed by atoms with Gasteiger partial charge in [-0.15, -0.1) is 0 Å². The molecule has 1 N–H and O–H groups in total. The van der Waals surface area contributed by atoms with Crippen molar-refractivity contribution in [2.24, 2.45) is 0 Å². The molecule has 0 spiro atoms. The van der Waals surface area contributed by atoms with Gasteiger partial charge in [-0.25, -0.2) is 4.98 Å². The molecule has 2 heterocycles. The first-order chi connectivity index (χ1) is 7.61. The van der Waals surface area contributed by atoms with Crippen LogP contribution in [0, 0.1) is 11.3 Å². The van der Waals surface area contributed by atoms with Gasteiger partial charge in [0, 0.05) is 31.4 Å². The lowest BCUT2D eigenvalue weighted by atomic mass is 10.0. The zero-order chi connectivity index (χ0) is 11.6. The van der Waals surface area contributed by atoms with Gasteiger partial charge in [0.25, 0.3) is 0 Å². The van der Waals surface area contributed by atoms with Crippen molar-refractivity contribution in [3.63, 3.8) is 0 Å². The highest BCUT2D eigenvalue weighted by Crippen LogP contribution is 2.17. The topological polar surface area (TPSA) is 52.0 Å². The third-order valence-electron chi connectivity index (χ3n) is 2.77. The minimum atomic E-state index is 0.119. The van der Waals surface area contributed by atoms with E-state index in [1.54, 1.807) is 6.20 Å². The van der Waals surface area contributed by atoms with Crippen LogP contribution in [0.4, 0.5) is 5.82 Å². The molecule has 84 valence electrons. The molecule has 0 saturated carbocycles. The van der Waals surface area contributed by atoms with Crippen molar-refractivity contribution in [1.82, 2.24) is 10.3 Å². The molecule has 16 heavy (non-hydrogen) atoms. The van der Waals surface area contributed by atoms with Crippen molar-refractivity contribution >= 4 is 5.82 Å². The second-order valence-corrected chi connectivity index (χ2v) is 4.75. The maximum Gasteiger partial charge on any atom is 0.128 e. The van der Waals surface area contributed by atoms with Crippen LogP contribution in [0.2, 0.25) is 0 Å². The summed E-state index contributed by atoms with van der Waals surface area (Å²) in [5.41, 5.74) is 0.728. The molecule has 4 heteroatoms. The van der Waals surface area contributed by atoms with E-state index in [4.69, 9.17) is 5.26 Å². The predicted molar refractivity (Wildman–Crippen MR) is 63.2 cm³/mol. The van der Waals surface area contributed by atoms with Gasteiger partial charge in [-0.2, -0.15) is 5.26 Å². The van der Waals surface area contributed by atoms with Crippen LogP contribution in [0.25, 0.3) is 0 Å². The Morgan fingerprint density at radius 1 is 1.50 bits per heavy atom. The van der Waals surface area contributed by atoms with Crippen LogP contribution in [0.5, 0.6) is 0 Å². The first kappa shape index (κ1) is 10.9. The van der Waals surface area contributed by atoms with E-state index in [1.807, 2.05) is 12.1 Å². The number of piperazine rings is 1. The van der Waals surface area contributed by atoms with Crippen molar-refractivity contribution in [3.05, 3.63) is 23.9 Å². The van der Waals surface area contributed by atoms with Crippen molar-refractivity contribution in [2.45, 2.75) is 19.4 Å². The van der Waals surface area contributed by atoms with Crippen molar-refractivity contribution in [2.75, 3.05) is 24.5 Å². The summed E-state index contributed by atoms with van der Waals surface area (Å²) in [5.74, 6) is 0.952. The van der Waals surface area contributed by atoms with Gasteiger partial charge < -0.3 is 10.2 Å². The van der Waals surface area contributed by atoms with E-state index >= 15 is 0 Å². The van der Waals surface area contributed by atoms with Crippen molar-refractivity contribution in [1.29, 1.82) is 5.26 Å². The van der Waals surface area contributed by atoms with E-state index in [0.717, 1.165) is 25.5 Å². The van der Waals surface area contributed by atoms with Crippen LogP contribution in [-0.4, -0.2) is 30.2 Å². The first-order valence-corrected chi connectivity index (χ1v) is 5.47. The van der Waals surface area contributed by atoms with E-state index < -0.39 is 0 Å². The van der Waals surface area contributed by atoms with Crippen LogP contribution in [-0.2, 0) is 0 Å². The molecule has 2 rings (SSSR count). The lowest BCUT2D eigenvalue weighted by Crippen LogP contribution is -2.57. The molecule has 0 bridgehead atoms. The zero-order valence-corrected chi connectivity index (χ0v) is 9.70. The van der Waals surface area contributed by atoms with Gasteiger partial charge in [-0.05, 0) is 26.0 Å². The Morgan fingerprint density at radius 2 is 2.31 bits per heavy atom. The summed E-state index contributed by atoms with van der Waals surface area (Å²) >= 11 is 0. The lowest BCUT2D eigenvalue weighted by Gasteiger charge is -2.39. The molecule has 1 saturated heterocycles. The monoisotopic (exact) mass is 216 g/mol. The molecule has 4 nitrogen and oxygen atoms in total. The van der Waals surface area contributed by atoms with Crippen molar-refractivity contribution in [3.8, 4) is 6.07 Å². The molecule has 0 aromatic carbocycles. The Balaban J connectivity index is 2.15. The quantitative estimate of drug-likeness (QED) is 0.765. The molecule has 1 fully saturated rings. The maximum absolute atomic E-state index is 8.71. The number of hydrogen-bond acceptors (Lipinski definition) is 4. The fourth-order valence-electron chi connectivity index (χ4n) is 1.98. The largest absolute Gasteiger partial charge is 0.354 e. The molecule has 0 aliphatic carbocycles. The van der Waals surface area contributed by atoms with Gasteiger partial charge in [-0.1, -0.05) is 0 Å². The van der Waals surface area contributed by atoms with Crippen LogP contribution in [0.3, 0.4) is 0 Å². The number of anilines is 1. The fraction of sp³-hybridized carbons (Fsp3) is 0.500. The smallest absolute Gasteiger partial charge is 0.128 e. The SMILES string of the molecule is CC1(C)CN(c2ccc(C#N)cn2)CCN1. The van der Waals surface area contributed by atoms with Gasteiger partial charge in [0.15, 0.2) is 0 Å². The summed E-state index contributed by atoms with van der Waals surface area (Å²) in [4.78, 5) is 6.56. The zero-order valence-electron chi connectivity index (χ0n) is 9.70. The molecule has 0 unspecified atom stereocenters. The van der Waals surface area contributed by atoms with Gasteiger partial charge in [0.05, 0.1) is 5.56 Å². The second-order valence-electron chi connectivity index (χ2n) is 4.75. The molecule has 1 aromatic rings. The van der Waals surface area contributed by atoms with Gasteiger partial charge in [-0.3, -0.25) is 0 Å². The van der Waals surface area contributed by atoms with Crippen molar-refractivity contribution < 1.29 is 0 Å². The molecule has 0 atom stereocenters. The second kappa shape index (κ2) is 4.11. The van der Waals surface area contributed by atoms with E-state index in [2.05, 4.69) is 35.1 Å². The number of aromatic nitrogens is 1. The van der Waals surface area contributed by atoms with E-state index in [0.29, 0.717) is 5.56 Å². The maximum atomic E-state index is 8.71. The minimum Gasteiger partial charge on any atom is -0.354 e. The molecule has 1 aromatic heterocycles. The number of rotatable bonds is 1. The molecule has 0 amide bonds. The van der Waals surface area contributed by atoms with Gasteiger partial charge in [0.2, 0.25) is 0 Å². The first-order valence-electron chi connectivity index (χ1n) is 5.47. The third-order valence-corrected chi connectivity index (χ3v) is 2.77. The Morgan fingerprint density at radius 3 is 2.88 bits per heavy atom. The predicted octanol–water partition coefficient (Wildman–Crippen LogP) is 1.14. The Bertz CT molecular complexity index is 402. The van der Waals surface area contributed by atoms with E-state index in [-0.39, 0.29) is 5.54 Å². The highest BCUT2D eigenvalue weighted by atomic mass is 15.3. The average molecular weight is 216 g/mol. The number of hydrogen-bond donors (Lipinski definition) is 1. The van der Waals surface area contributed by atoms with Gasteiger partial charge in [0.1, 0.15) is 11.9 Å². The lowest BCUT2D eigenvalue weighted by molar-refractivity contribution is 0.352. The molecular weight excluding hydrogens is 200 g/mol. The average Bonchev–Trinajstić information content (AvgIpc) is 2.28. The molecule has 1 aliphatic rings. The summed E-state index contributed by atoms with van der Waals surface area (Å²) in [7, 11) is 0. The Labute approximate surface area is 95.9 Å². The van der Waals surface area contributed by atoms with Crippen LogP contribution in [0.15, 0.2) is 18.3 Å². The highest BCUT2D eigenvalue weighted by molar-refractivity contribution is 5.42. The standard InChI is InChI=1S/C12H16N4/c1-12(2)9-16(6-5-15-12)11-4-3-10(7-13)8-14-11/h3-4,8,15H,5-6,9H2,1-2H3. The summed E-state index contributed by atoms with van der Waals surface area (Å²) in [6, 6.07) is 5.81. The van der Waals surface area contributed by atoms with Crippen LogP contribution >= 0.6 is 0 Å². The summed E-state index contributed by atoms with van der Waals surface area (Å²) in [6.07, 6.45) is 1.63. The minimum absolute atomic E-state index is 0.119. The Kier molecular flexibility index (Phi) is 2.80. The van der Waals surface area contributed by atoms with Crippen LogP contribution < -0.4 is 10.2 Å². The molecule has 1 aliphatic heterocycles. The number of nitriles is 1. The van der Waals surface area contributed by atoms with Gasteiger partial charge >= 0.3 is 0 Å². The third kappa shape index (κ3) is 2.31. The fourth-order valence-corrected chi connectivity index (χ4v) is 1.98. The number of pyridine rings is 1. The molecular formula is C12H16N4.